The van der Waals surface area contributed by atoms with Gasteiger partial charge < -0.3 is 55.0 Å². The maximum absolute atomic E-state index is 11.8. The molecule has 1 aromatic rings. The lowest BCUT2D eigenvalue weighted by molar-refractivity contribution is -0.301. The largest absolute Gasteiger partial charge is 0.545 e. The first kappa shape index (κ1) is 26.7. The molecule has 2 rings (SSSR count). The van der Waals surface area contributed by atoms with E-state index in [0.717, 1.165) is 0 Å². The summed E-state index contributed by atoms with van der Waals surface area (Å²) in [6.45, 7) is 3.97. The van der Waals surface area contributed by atoms with Gasteiger partial charge in [-0.3, -0.25) is 0 Å². The van der Waals surface area contributed by atoms with E-state index in [1.165, 1.54) is 12.1 Å². The van der Waals surface area contributed by atoms with Crippen LogP contribution in [0, 0.1) is 0 Å². The molecule has 32 heavy (non-hydrogen) atoms. The summed E-state index contributed by atoms with van der Waals surface area (Å²) in [4.78, 5) is 32.4. The van der Waals surface area contributed by atoms with E-state index in [1.54, 1.807) is 17.0 Å². The first-order valence-electron chi connectivity index (χ1n) is 9.79. The van der Waals surface area contributed by atoms with E-state index in [4.69, 9.17) is 14.6 Å². The number of morpholine rings is 1. The molecule has 0 bridgehead atoms. The molecule has 178 valence electrons. The molecule has 4 N–H and O–H groups in total. The highest BCUT2D eigenvalue weighted by atomic mass is 16.5. The van der Waals surface area contributed by atoms with Gasteiger partial charge in [-0.05, 0) is 36.4 Å². The van der Waals surface area contributed by atoms with Gasteiger partial charge >= 0.3 is 6.03 Å². The molecule has 0 saturated carbocycles. The third kappa shape index (κ3) is 13.1. The molecule has 12 heteroatoms. The van der Waals surface area contributed by atoms with E-state index >= 15 is 0 Å². The zero-order valence-electron chi connectivity index (χ0n) is 17.4. The van der Waals surface area contributed by atoms with Crippen LogP contribution in [0.25, 0.3) is 0 Å². The average molecular weight is 453 g/mol. The van der Waals surface area contributed by atoms with Gasteiger partial charge in [-0.2, -0.15) is 0 Å². The number of carbonyl (C=O) groups excluding carboxylic acids is 3. The minimum Gasteiger partial charge on any atom is -0.545 e. The molecular weight excluding hydrogens is 426 g/mol. The molecule has 0 radical (unpaired) electrons. The molecule has 0 aromatic heterocycles. The maximum Gasteiger partial charge on any atom is 0.317 e. The van der Waals surface area contributed by atoms with Crippen LogP contribution in [0.5, 0.6) is 11.5 Å². The van der Waals surface area contributed by atoms with Gasteiger partial charge in [-0.25, -0.2) is 4.79 Å². The van der Waals surface area contributed by atoms with Crippen molar-refractivity contribution >= 4 is 18.0 Å². The Morgan fingerprint density at radius 1 is 1.09 bits per heavy atom. The fraction of sp³-hybridized carbons (Fsp3) is 0.450. The predicted octanol–water partition coefficient (Wildman–Crippen LogP) is -3.19. The summed E-state index contributed by atoms with van der Waals surface area (Å²) in [5.74, 6) is -2.34. The Balaban J connectivity index is 0.000000547. The van der Waals surface area contributed by atoms with Crippen LogP contribution in [0.4, 0.5) is 4.79 Å². The van der Waals surface area contributed by atoms with Crippen molar-refractivity contribution in [2.45, 2.75) is 6.10 Å². The molecule has 1 aliphatic heterocycles. The first-order valence-corrected chi connectivity index (χ1v) is 9.79. The number of hydrogen-bond acceptors (Lipinski definition) is 10. The standard InChI is InChI=1S/C16H25N3O5.C4H4O4/c20-13-1-3-15(4-2-13)24-12-14(21)11-17-5-6-18-16(22)19-7-9-23-10-8-19;5-3(6)1-2-4(7)8/h1-4,14,17,20-21H,5-12H2,(H,18,22);1-2H,(H,5,6)(H,7,8)/p-2/b;2-1+. The van der Waals surface area contributed by atoms with E-state index in [2.05, 4.69) is 10.6 Å². The molecule has 1 heterocycles. The normalized spacial score (nSPS) is 14.2. The van der Waals surface area contributed by atoms with Crippen LogP contribution in [0.2, 0.25) is 0 Å². The minimum absolute atomic E-state index is 0.0867. The van der Waals surface area contributed by atoms with Gasteiger partial charge in [0.25, 0.3) is 0 Å². The number of nitrogens with one attached hydrogen (secondary N) is 2. The van der Waals surface area contributed by atoms with E-state index in [1.807, 2.05) is 0 Å². The highest BCUT2D eigenvalue weighted by Crippen LogP contribution is 2.15. The molecule has 12 nitrogen and oxygen atoms in total. The summed E-state index contributed by atoms with van der Waals surface area (Å²) < 4.78 is 10.6. The zero-order valence-corrected chi connectivity index (χ0v) is 17.4. The van der Waals surface area contributed by atoms with Crippen molar-refractivity contribution in [1.82, 2.24) is 15.5 Å². The summed E-state index contributed by atoms with van der Waals surface area (Å²) in [6.07, 6.45) is 0.110. The minimum atomic E-state index is -1.55. The van der Waals surface area contributed by atoms with Crippen LogP contribution in [0.15, 0.2) is 36.4 Å². The molecule has 1 fully saturated rings. The number of carboxylic acid groups (broad SMARTS) is 2. The lowest BCUT2D eigenvalue weighted by Gasteiger charge is -2.27. The van der Waals surface area contributed by atoms with Gasteiger partial charge in [-0.1, -0.05) is 0 Å². The Morgan fingerprint density at radius 3 is 2.25 bits per heavy atom. The molecule has 0 aliphatic carbocycles. The van der Waals surface area contributed by atoms with Crippen molar-refractivity contribution < 1.29 is 44.3 Å². The van der Waals surface area contributed by atoms with E-state index in [-0.39, 0.29) is 18.4 Å². The Labute approximate surface area is 185 Å². The fourth-order valence-electron chi connectivity index (χ4n) is 2.33. The van der Waals surface area contributed by atoms with Crippen molar-refractivity contribution in [2.24, 2.45) is 0 Å². The number of hydrogen-bond donors (Lipinski definition) is 4. The number of rotatable bonds is 10. The van der Waals surface area contributed by atoms with E-state index in [9.17, 15) is 29.7 Å². The molecular formula is C20H27N3O9-2. The fourth-order valence-corrected chi connectivity index (χ4v) is 2.33. The van der Waals surface area contributed by atoms with Gasteiger partial charge in [0.1, 0.15) is 24.2 Å². The number of aliphatic hydroxyl groups excluding tert-OH is 1. The van der Waals surface area contributed by atoms with Crippen LogP contribution in [-0.4, -0.2) is 91.7 Å². The number of aromatic hydroxyl groups is 1. The summed E-state index contributed by atoms with van der Waals surface area (Å²) >= 11 is 0. The lowest BCUT2D eigenvalue weighted by atomic mass is 10.3. The van der Waals surface area contributed by atoms with Crippen molar-refractivity contribution in [2.75, 3.05) is 52.5 Å². The number of phenolic OH excluding ortho intramolecular Hbond substituents is 1. The first-order chi connectivity index (χ1) is 15.3. The van der Waals surface area contributed by atoms with Crippen molar-refractivity contribution in [3.63, 3.8) is 0 Å². The smallest absolute Gasteiger partial charge is 0.317 e. The highest BCUT2D eigenvalue weighted by molar-refractivity contribution is 5.87. The third-order valence-electron chi connectivity index (χ3n) is 3.89. The number of nitrogens with zero attached hydrogens (tertiary/aromatic N) is 1. The number of phenols is 1. The Bertz CT molecular complexity index is 718. The summed E-state index contributed by atoms with van der Waals surface area (Å²) in [7, 11) is 0. The van der Waals surface area contributed by atoms with Gasteiger partial charge in [0.15, 0.2) is 0 Å². The molecule has 1 unspecified atom stereocenters. The topological polar surface area (TPSA) is 184 Å². The molecule has 2 amide bonds. The lowest BCUT2D eigenvalue weighted by Crippen LogP contribution is -2.47. The van der Waals surface area contributed by atoms with Crippen LogP contribution < -0.4 is 25.6 Å². The van der Waals surface area contributed by atoms with E-state index < -0.39 is 18.0 Å². The second kappa shape index (κ2) is 15.5. The second-order valence-electron chi connectivity index (χ2n) is 6.47. The van der Waals surface area contributed by atoms with Gasteiger partial charge in [0.2, 0.25) is 0 Å². The average Bonchev–Trinajstić information content (AvgIpc) is 2.78. The second-order valence-corrected chi connectivity index (χ2v) is 6.47. The Kier molecular flexibility index (Phi) is 12.9. The van der Waals surface area contributed by atoms with E-state index in [0.29, 0.717) is 63.8 Å². The van der Waals surface area contributed by atoms with Crippen molar-refractivity contribution in [3.8, 4) is 11.5 Å². The zero-order chi connectivity index (χ0) is 23.8. The maximum atomic E-state index is 11.8. The predicted molar refractivity (Wildman–Crippen MR) is 107 cm³/mol. The number of benzene rings is 1. The highest BCUT2D eigenvalue weighted by Gasteiger charge is 2.15. The van der Waals surface area contributed by atoms with Crippen LogP contribution in [-0.2, 0) is 14.3 Å². The van der Waals surface area contributed by atoms with Crippen molar-refractivity contribution in [1.29, 1.82) is 0 Å². The van der Waals surface area contributed by atoms with Crippen LogP contribution in [0.3, 0.4) is 0 Å². The number of aliphatic carboxylic acids is 2. The quantitative estimate of drug-likeness (QED) is 0.208. The van der Waals surface area contributed by atoms with Gasteiger partial charge in [-0.15, -0.1) is 0 Å². The molecule has 1 aliphatic rings. The summed E-state index contributed by atoms with van der Waals surface area (Å²) in [5, 5.41) is 43.7. The molecule has 1 saturated heterocycles. The summed E-state index contributed by atoms with van der Waals surface area (Å²) in [5.41, 5.74) is 0. The Morgan fingerprint density at radius 2 is 1.69 bits per heavy atom. The number of aliphatic hydroxyl groups is 1. The number of amides is 2. The van der Waals surface area contributed by atoms with Gasteiger partial charge in [0, 0.05) is 32.7 Å². The van der Waals surface area contributed by atoms with Crippen molar-refractivity contribution in [3.05, 3.63) is 36.4 Å². The van der Waals surface area contributed by atoms with Gasteiger partial charge in [0.05, 0.1) is 25.2 Å². The summed E-state index contributed by atoms with van der Waals surface area (Å²) in [6, 6.07) is 6.23. The monoisotopic (exact) mass is 453 g/mol. The van der Waals surface area contributed by atoms with Crippen LogP contribution >= 0.6 is 0 Å². The SMILES string of the molecule is O=C(NCCNCC(O)COc1ccc(O)cc1)N1CCOCC1.O=C([O-])/C=C/C(=O)[O-]. The number of carbonyl (C=O) groups is 3. The molecule has 1 atom stereocenters. The van der Waals surface area contributed by atoms with Crippen LogP contribution in [0.1, 0.15) is 0 Å². The number of ether oxygens (including phenoxy) is 2. The molecule has 0 spiro atoms. The number of carboxylic acids is 2. The Hall–Kier alpha value is -3.35. The third-order valence-corrected chi connectivity index (χ3v) is 3.89. The molecule has 1 aromatic carbocycles. The number of urea groups is 1.